The van der Waals surface area contributed by atoms with Gasteiger partial charge in [-0.15, -0.1) is 0 Å². The molecule has 0 amide bonds. The van der Waals surface area contributed by atoms with Crippen LogP contribution in [0.3, 0.4) is 0 Å². The summed E-state index contributed by atoms with van der Waals surface area (Å²) in [5.41, 5.74) is 3.60. The molecule has 4 heteroatoms. The summed E-state index contributed by atoms with van der Waals surface area (Å²) in [6, 6.07) is 30.1. The highest BCUT2D eigenvalue weighted by Crippen LogP contribution is 2.40. The molecule has 2 aromatic heterocycles. The minimum absolute atomic E-state index is 0.139. The van der Waals surface area contributed by atoms with Gasteiger partial charge in [0.25, 0.3) is 5.56 Å². The lowest BCUT2D eigenvalue weighted by atomic mass is 9.96. The molecule has 0 atom stereocenters. The molecule has 0 N–H and O–H groups in total. The Morgan fingerprint density at radius 2 is 1.40 bits per heavy atom. The van der Waals surface area contributed by atoms with Crippen LogP contribution in [0.2, 0.25) is 0 Å². The molecule has 0 aliphatic rings. The SMILES string of the molecule is O=c1ccc2ccccc2c2c3c(nn12)c(-c1ccccc1Br)cc1ccccc13. The lowest BCUT2D eigenvalue weighted by Crippen LogP contribution is -2.08. The van der Waals surface area contributed by atoms with Crippen LogP contribution < -0.4 is 5.56 Å². The zero-order chi connectivity index (χ0) is 20.2. The molecule has 0 aliphatic heterocycles. The highest BCUT2D eigenvalue weighted by atomic mass is 79.9. The zero-order valence-electron chi connectivity index (χ0n) is 15.8. The molecule has 0 unspecified atom stereocenters. The number of fused-ring (bicyclic) bond motifs is 7. The quantitative estimate of drug-likeness (QED) is 0.283. The largest absolute Gasteiger partial charge is 0.271 e. The fourth-order valence-electron chi connectivity index (χ4n) is 4.32. The minimum atomic E-state index is -0.139. The van der Waals surface area contributed by atoms with Crippen molar-refractivity contribution in [3.05, 3.63) is 106 Å². The Kier molecular flexibility index (Phi) is 3.77. The second kappa shape index (κ2) is 6.51. The molecule has 2 heterocycles. The first-order valence-corrected chi connectivity index (χ1v) is 10.5. The molecule has 3 nitrogen and oxygen atoms in total. The third-order valence-electron chi connectivity index (χ3n) is 5.66. The fourth-order valence-corrected chi connectivity index (χ4v) is 4.82. The van der Waals surface area contributed by atoms with Crippen molar-refractivity contribution in [2.75, 3.05) is 0 Å². The van der Waals surface area contributed by atoms with Crippen molar-refractivity contribution < 1.29 is 0 Å². The van der Waals surface area contributed by atoms with Gasteiger partial charge in [0.15, 0.2) is 0 Å². The molecule has 6 aromatic rings. The summed E-state index contributed by atoms with van der Waals surface area (Å²) in [6.45, 7) is 0. The molecular formula is C26H15BrN2O. The molecule has 0 saturated heterocycles. The monoisotopic (exact) mass is 450 g/mol. The molecule has 0 radical (unpaired) electrons. The summed E-state index contributed by atoms with van der Waals surface area (Å²) in [5, 5.41) is 10.1. The lowest BCUT2D eigenvalue weighted by molar-refractivity contribution is 0.947. The standard InChI is InChI=1S/C26H15BrN2O/c27-22-12-6-5-11-20(22)21-15-17-8-2-3-9-18(17)24-25(21)28-29-23(30)14-13-16-7-1-4-10-19(16)26(24)29/h1-15H. The van der Waals surface area contributed by atoms with Crippen LogP contribution in [-0.4, -0.2) is 9.61 Å². The fraction of sp³-hybridized carbons (Fsp3) is 0. The Bertz CT molecular complexity index is 1680. The van der Waals surface area contributed by atoms with Crippen molar-refractivity contribution in [1.29, 1.82) is 0 Å². The maximum Gasteiger partial charge on any atom is 0.271 e. The van der Waals surface area contributed by atoms with Crippen molar-refractivity contribution in [3.63, 3.8) is 0 Å². The van der Waals surface area contributed by atoms with E-state index in [-0.39, 0.29) is 5.56 Å². The second-order valence-corrected chi connectivity index (χ2v) is 8.22. The third-order valence-corrected chi connectivity index (χ3v) is 6.36. The van der Waals surface area contributed by atoms with E-state index in [1.54, 1.807) is 10.6 Å². The van der Waals surface area contributed by atoms with Gasteiger partial charge in [-0.2, -0.15) is 9.61 Å². The number of benzene rings is 4. The predicted molar refractivity (Wildman–Crippen MR) is 127 cm³/mol. The number of nitrogens with zero attached hydrogens (tertiary/aromatic N) is 2. The van der Waals surface area contributed by atoms with E-state index in [0.29, 0.717) is 0 Å². The number of hydrogen-bond donors (Lipinski definition) is 0. The van der Waals surface area contributed by atoms with E-state index in [1.165, 1.54) is 0 Å². The van der Waals surface area contributed by atoms with Crippen molar-refractivity contribution in [2.24, 2.45) is 0 Å². The van der Waals surface area contributed by atoms with E-state index in [1.807, 2.05) is 54.6 Å². The summed E-state index contributed by atoms with van der Waals surface area (Å²) >= 11 is 3.69. The number of aromatic nitrogens is 2. The van der Waals surface area contributed by atoms with Gasteiger partial charge in [-0.05, 0) is 39.9 Å². The first-order chi connectivity index (χ1) is 14.7. The van der Waals surface area contributed by atoms with Crippen LogP contribution in [0.25, 0.3) is 49.1 Å². The first-order valence-electron chi connectivity index (χ1n) is 9.73. The van der Waals surface area contributed by atoms with Crippen LogP contribution in [0.5, 0.6) is 0 Å². The Morgan fingerprint density at radius 1 is 0.700 bits per heavy atom. The highest BCUT2D eigenvalue weighted by molar-refractivity contribution is 9.10. The van der Waals surface area contributed by atoms with Gasteiger partial charge < -0.3 is 0 Å². The second-order valence-electron chi connectivity index (χ2n) is 7.37. The molecule has 30 heavy (non-hydrogen) atoms. The van der Waals surface area contributed by atoms with Crippen LogP contribution in [0, 0.1) is 0 Å². The first kappa shape index (κ1) is 17.4. The predicted octanol–water partition coefficient (Wildman–Crippen LogP) is 6.58. The summed E-state index contributed by atoms with van der Waals surface area (Å²) in [7, 11) is 0. The average molecular weight is 451 g/mol. The molecule has 0 saturated carbocycles. The summed E-state index contributed by atoms with van der Waals surface area (Å²) in [6.07, 6.45) is 0. The van der Waals surface area contributed by atoms with Gasteiger partial charge in [-0.25, -0.2) is 0 Å². The van der Waals surface area contributed by atoms with E-state index in [9.17, 15) is 4.79 Å². The normalized spacial score (nSPS) is 11.6. The van der Waals surface area contributed by atoms with E-state index < -0.39 is 0 Å². The van der Waals surface area contributed by atoms with Crippen molar-refractivity contribution in [3.8, 4) is 11.1 Å². The van der Waals surface area contributed by atoms with Gasteiger partial charge in [0, 0.05) is 26.9 Å². The van der Waals surface area contributed by atoms with Gasteiger partial charge in [-0.3, -0.25) is 4.79 Å². The summed E-state index contributed by atoms with van der Waals surface area (Å²) in [4.78, 5) is 13.0. The molecule has 0 fully saturated rings. The van der Waals surface area contributed by atoms with E-state index in [2.05, 4.69) is 46.3 Å². The third kappa shape index (κ3) is 2.44. The molecule has 4 aromatic carbocycles. The van der Waals surface area contributed by atoms with Crippen LogP contribution in [0.15, 0.2) is 100 Å². The molecule has 0 bridgehead atoms. The molecule has 0 aliphatic carbocycles. The van der Waals surface area contributed by atoms with Crippen LogP contribution in [0.1, 0.15) is 0 Å². The van der Waals surface area contributed by atoms with Gasteiger partial charge in [0.1, 0.15) is 5.52 Å². The van der Waals surface area contributed by atoms with E-state index >= 15 is 0 Å². The van der Waals surface area contributed by atoms with E-state index in [4.69, 9.17) is 5.10 Å². The zero-order valence-corrected chi connectivity index (χ0v) is 17.4. The topological polar surface area (TPSA) is 34.4 Å². The smallest absolute Gasteiger partial charge is 0.267 e. The summed E-state index contributed by atoms with van der Waals surface area (Å²) < 4.78 is 2.55. The Hall–Kier alpha value is -3.50. The number of halogens is 1. The van der Waals surface area contributed by atoms with E-state index in [0.717, 1.165) is 53.6 Å². The Labute approximate surface area is 180 Å². The van der Waals surface area contributed by atoms with Gasteiger partial charge >= 0.3 is 0 Å². The minimum Gasteiger partial charge on any atom is -0.267 e. The molecule has 0 spiro atoms. The Balaban J connectivity index is 1.97. The van der Waals surface area contributed by atoms with Crippen molar-refractivity contribution in [1.82, 2.24) is 9.61 Å². The van der Waals surface area contributed by atoms with Crippen molar-refractivity contribution in [2.45, 2.75) is 0 Å². The molecule has 142 valence electrons. The van der Waals surface area contributed by atoms with Crippen molar-refractivity contribution >= 4 is 53.9 Å². The maximum absolute atomic E-state index is 13.0. The maximum atomic E-state index is 13.0. The van der Waals surface area contributed by atoms with Crippen LogP contribution in [-0.2, 0) is 0 Å². The highest BCUT2D eigenvalue weighted by Gasteiger charge is 2.18. The molecule has 6 rings (SSSR count). The summed E-state index contributed by atoms with van der Waals surface area (Å²) in [5.74, 6) is 0. The van der Waals surface area contributed by atoms with Gasteiger partial charge in [-0.1, -0.05) is 82.7 Å². The number of rotatable bonds is 1. The van der Waals surface area contributed by atoms with Crippen LogP contribution in [0.4, 0.5) is 0 Å². The average Bonchev–Trinajstić information content (AvgIpc) is 3.12. The van der Waals surface area contributed by atoms with Gasteiger partial charge in [0.2, 0.25) is 0 Å². The number of hydrogen-bond acceptors (Lipinski definition) is 2. The molecular weight excluding hydrogens is 436 g/mol. The van der Waals surface area contributed by atoms with Gasteiger partial charge in [0.05, 0.1) is 5.52 Å². The van der Waals surface area contributed by atoms with Crippen LogP contribution >= 0.6 is 15.9 Å². The lowest BCUT2D eigenvalue weighted by Gasteiger charge is -2.09. The Morgan fingerprint density at radius 3 is 2.23 bits per heavy atom.